The van der Waals surface area contributed by atoms with Crippen LogP contribution in [0.4, 0.5) is 0 Å². The van der Waals surface area contributed by atoms with Crippen molar-refractivity contribution in [1.29, 1.82) is 0 Å². The van der Waals surface area contributed by atoms with Gasteiger partial charge in [-0.2, -0.15) is 0 Å². The van der Waals surface area contributed by atoms with Gasteiger partial charge in [-0.3, -0.25) is 4.79 Å². The molecular weight excluding hydrogens is 344 g/mol. The van der Waals surface area contributed by atoms with E-state index in [1.165, 1.54) is 16.6 Å². The Morgan fingerprint density at radius 1 is 1.23 bits per heavy atom. The van der Waals surface area contributed by atoms with E-state index in [0.29, 0.717) is 5.92 Å². The van der Waals surface area contributed by atoms with Crippen LogP contribution in [0.1, 0.15) is 47.9 Å². The first kappa shape index (κ1) is 17.2. The number of carbonyl (C=O) groups is 1. The van der Waals surface area contributed by atoms with Gasteiger partial charge in [0.05, 0.1) is 6.04 Å². The second kappa shape index (κ2) is 6.81. The number of hydrogen-bond donors (Lipinski definition) is 1. The van der Waals surface area contributed by atoms with Crippen LogP contribution in [0.25, 0.3) is 10.9 Å². The highest BCUT2D eigenvalue weighted by Gasteiger charge is 2.34. The number of H-pyrrole nitrogens is 1. The largest absolute Gasteiger partial charge is 0.356 e. The van der Waals surface area contributed by atoms with Crippen molar-refractivity contribution in [3.05, 3.63) is 70.4 Å². The number of benzene rings is 2. The van der Waals surface area contributed by atoms with Gasteiger partial charge in [0.15, 0.2) is 0 Å². The van der Waals surface area contributed by atoms with E-state index in [2.05, 4.69) is 18.8 Å². The molecule has 1 aromatic heterocycles. The highest BCUT2D eigenvalue weighted by molar-refractivity contribution is 6.31. The number of halogens is 1. The summed E-state index contributed by atoms with van der Waals surface area (Å²) in [6, 6.07) is 15.6. The lowest BCUT2D eigenvalue weighted by atomic mass is 9.91. The zero-order valence-electron chi connectivity index (χ0n) is 15.1. The quantitative estimate of drug-likeness (QED) is 0.642. The number of nitrogens with zero attached hydrogens (tertiary/aromatic N) is 1. The van der Waals surface area contributed by atoms with Crippen LogP contribution in [0.15, 0.2) is 48.5 Å². The average Bonchev–Trinajstić information content (AvgIpc) is 3.00. The minimum absolute atomic E-state index is 0.0673. The van der Waals surface area contributed by atoms with Gasteiger partial charge < -0.3 is 9.88 Å². The Bertz CT molecular complexity index is 945. The third-order valence-electron chi connectivity index (χ3n) is 5.19. The molecule has 26 heavy (non-hydrogen) atoms. The molecule has 4 heteroatoms. The highest BCUT2D eigenvalue weighted by Crippen LogP contribution is 2.39. The standard InChI is InChI=1S/C22H23ClN2O/c1-14(2)12-20-21-17(18-13-16(23)8-9-19(18)24-21)10-11-25(20)22(26)15-6-4-3-5-7-15/h3-9,13-14,20,24H,10-12H2,1-2H3. The van der Waals surface area contributed by atoms with Crippen LogP contribution in [-0.2, 0) is 6.42 Å². The summed E-state index contributed by atoms with van der Waals surface area (Å²) in [5, 5.41) is 1.94. The fourth-order valence-electron chi connectivity index (χ4n) is 4.02. The molecule has 1 unspecified atom stereocenters. The zero-order valence-corrected chi connectivity index (χ0v) is 15.9. The normalized spacial score (nSPS) is 16.9. The van der Waals surface area contributed by atoms with Gasteiger partial charge in [0.1, 0.15) is 0 Å². The smallest absolute Gasteiger partial charge is 0.254 e. The minimum Gasteiger partial charge on any atom is -0.356 e. The number of nitrogens with one attached hydrogen (secondary N) is 1. The number of aromatic amines is 1. The van der Waals surface area contributed by atoms with Crippen molar-refractivity contribution in [2.75, 3.05) is 6.54 Å². The van der Waals surface area contributed by atoms with Crippen LogP contribution in [-0.4, -0.2) is 22.3 Å². The topological polar surface area (TPSA) is 36.1 Å². The molecule has 0 saturated heterocycles. The van der Waals surface area contributed by atoms with Crippen molar-refractivity contribution >= 4 is 28.4 Å². The Labute approximate surface area is 159 Å². The molecule has 1 atom stereocenters. The van der Waals surface area contributed by atoms with E-state index in [9.17, 15) is 4.79 Å². The third-order valence-corrected chi connectivity index (χ3v) is 5.42. The molecule has 3 nitrogen and oxygen atoms in total. The van der Waals surface area contributed by atoms with Crippen LogP contribution in [0, 0.1) is 5.92 Å². The molecule has 1 N–H and O–H groups in total. The minimum atomic E-state index is 0.0673. The molecule has 2 aromatic carbocycles. The molecule has 3 aromatic rings. The second-order valence-corrected chi connectivity index (χ2v) is 7.90. The van der Waals surface area contributed by atoms with Gasteiger partial charge >= 0.3 is 0 Å². The summed E-state index contributed by atoms with van der Waals surface area (Å²) in [5.41, 5.74) is 4.34. The van der Waals surface area contributed by atoms with Crippen molar-refractivity contribution in [3.8, 4) is 0 Å². The van der Waals surface area contributed by atoms with Crippen LogP contribution in [0.5, 0.6) is 0 Å². The van der Waals surface area contributed by atoms with E-state index in [1.807, 2.05) is 53.4 Å². The van der Waals surface area contributed by atoms with Gasteiger partial charge in [0.2, 0.25) is 0 Å². The van der Waals surface area contributed by atoms with Crippen molar-refractivity contribution in [1.82, 2.24) is 9.88 Å². The van der Waals surface area contributed by atoms with Gasteiger partial charge in [0.25, 0.3) is 5.91 Å². The Hall–Kier alpha value is -2.26. The molecule has 1 amide bonds. The summed E-state index contributed by atoms with van der Waals surface area (Å²) in [7, 11) is 0. The third kappa shape index (κ3) is 3.01. The van der Waals surface area contributed by atoms with E-state index in [-0.39, 0.29) is 11.9 Å². The monoisotopic (exact) mass is 366 g/mol. The van der Waals surface area contributed by atoms with E-state index in [1.54, 1.807) is 0 Å². The van der Waals surface area contributed by atoms with Crippen molar-refractivity contribution in [2.45, 2.75) is 32.7 Å². The number of hydrogen-bond acceptors (Lipinski definition) is 1. The first-order valence-electron chi connectivity index (χ1n) is 9.20. The molecule has 0 bridgehead atoms. The molecule has 4 rings (SSSR count). The molecule has 0 saturated carbocycles. The van der Waals surface area contributed by atoms with Crippen LogP contribution < -0.4 is 0 Å². The van der Waals surface area contributed by atoms with Crippen molar-refractivity contribution in [3.63, 3.8) is 0 Å². The summed E-state index contributed by atoms with van der Waals surface area (Å²) in [6.07, 6.45) is 1.79. The highest BCUT2D eigenvalue weighted by atomic mass is 35.5. The molecule has 0 fully saturated rings. The average molecular weight is 367 g/mol. The summed E-state index contributed by atoms with van der Waals surface area (Å²) >= 11 is 6.22. The molecule has 0 spiro atoms. The van der Waals surface area contributed by atoms with Crippen LogP contribution >= 0.6 is 11.6 Å². The van der Waals surface area contributed by atoms with Crippen molar-refractivity contribution < 1.29 is 4.79 Å². The summed E-state index contributed by atoms with van der Waals surface area (Å²) < 4.78 is 0. The lowest BCUT2D eigenvalue weighted by Gasteiger charge is -2.37. The van der Waals surface area contributed by atoms with Gasteiger partial charge in [-0.05, 0) is 54.7 Å². The molecule has 1 aliphatic heterocycles. The second-order valence-electron chi connectivity index (χ2n) is 7.47. The maximum Gasteiger partial charge on any atom is 0.254 e. The molecule has 2 heterocycles. The van der Waals surface area contributed by atoms with Gasteiger partial charge in [-0.25, -0.2) is 0 Å². The lowest BCUT2D eigenvalue weighted by molar-refractivity contribution is 0.0632. The first-order chi connectivity index (χ1) is 12.5. The number of rotatable bonds is 3. The Balaban J connectivity index is 1.78. The Kier molecular flexibility index (Phi) is 4.49. The summed E-state index contributed by atoms with van der Waals surface area (Å²) in [4.78, 5) is 18.8. The number of carbonyl (C=O) groups excluding carboxylic acids is 1. The van der Waals surface area contributed by atoms with Gasteiger partial charge in [-0.15, -0.1) is 0 Å². The maximum atomic E-state index is 13.2. The van der Waals surface area contributed by atoms with Gasteiger partial charge in [0, 0.05) is 33.7 Å². The number of aromatic nitrogens is 1. The number of amides is 1. The molecule has 0 aliphatic carbocycles. The maximum absolute atomic E-state index is 13.2. The molecule has 0 radical (unpaired) electrons. The van der Waals surface area contributed by atoms with E-state index in [0.717, 1.165) is 35.5 Å². The zero-order chi connectivity index (χ0) is 18.3. The Morgan fingerprint density at radius 3 is 2.73 bits per heavy atom. The van der Waals surface area contributed by atoms with Gasteiger partial charge in [-0.1, -0.05) is 43.6 Å². The van der Waals surface area contributed by atoms with Crippen LogP contribution in [0.3, 0.4) is 0 Å². The molecule has 134 valence electrons. The summed E-state index contributed by atoms with van der Waals surface area (Å²) in [6.45, 7) is 5.15. The molecule has 1 aliphatic rings. The van der Waals surface area contributed by atoms with Crippen molar-refractivity contribution in [2.24, 2.45) is 5.92 Å². The Morgan fingerprint density at radius 2 is 2.00 bits per heavy atom. The van der Waals surface area contributed by atoms with E-state index < -0.39 is 0 Å². The summed E-state index contributed by atoms with van der Waals surface area (Å²) in [5.74, 6) is 0.602. The molecular formula is C22H23ClN2O. The number of fused-ring (bicyclic) bond motifs is 3. The predicted molar refractivity (Wildman–Crippen MR) is 107 cm³/mol. The predicted octanol–water partition coefficient (Wildman–Crippen LogP) is 5.61. The lowest BCUT2D eigenvalue weighted by Crippen LogP contribution is -2.40. The fraction of sp³-hybridized carbons (Fsp3) is 0.318. The first-order valence-corrected chi connectivity index (χ1v) is 9.58. The van der Waals surface area contributed by atoms with E-state index >= 15 is 0 Å². The van der Waals surface area contributed by atoms with E-state index in [4.69, 9.17) is 11.6 Å². The fourth-order valence-corrected chi connectivity index (χ4v) is 4.19. The SMILES string of the molecule is CC(C)CC1c2[nH]c3ccc(Cl)cc3c2CCN1C(=O)c1ccccc1. The van der Waals surface area contributed by atoms with Crippen LogP contribution in [0.2, 0.25) is 5.02 Å².